The van der Waals surface area contributed by atoms with Gasteiger partial charge in [0.1, 0.15) is 6.04 Å². The molecule has 2 heterocycles. The largest absolute Gasteiger partial charge is 2.00 e. The SMILES string of the molecule is Nc1nc2ncc(CNc3ccc(C(=O)N[C@@H](CCC(=O)O)C(=O)O)cc3)nc2c(=O)[nH]1.[H-].[H-].[Sr+2]. The van der Waals surface area contributed by atoms with Gasteiger partial charge < -0.3 is 29.4 Å². The molecule has 3 rings (SSSR count). The number of nitrogens with zero attached hydrogens (tertiary/aromatic N) is 3. The van der Waals surface area contributed by atoms with E-state index in [9.17, 15) is 19.2 Å². The Labute approximate surface area is 226 Å². The Balaban J connectivity index is 0.00000385. The van der Waals surface area contributed by atoms with E-state index in [-0.39, 0.29) is 90.4 Å². The van der Waals surface area contributed by atoms with E-state index in [0.29, 0.717) is 11.4 Å². The van der Waals surface area contributed by atoms with Gasteiger partial charge in [0, 0.05) is 17.7 Å². The molecule has 0 aliphatic heterocycles. The fraction of sp³-hybridized carbons (Fsp3) is 0.211. The molecule has 0 radical (unpaired) electrons. The van der Waals surface area contributed by atoms with Gasteiger partial charge in [-0.15, -0.1) is 0 Å². The zero-order valence-corrected chi connectivity index (χ0v) is 20.7. The first-order chi connectivity index (χ1) is 15.2. The standard InChI is InChI=1S/C19H19N7O6.Sr.2H/c20-19-25-15-14(17(30)26-19)23-11(8-22-15)7-21-10-3-1-9(2-4-10)16(29)24-12(18(31)32)5-6-13(27)28;;;/h1-4,8,12,21H,5-7H2,(H,24,29)(H,27,28)(H,31,32)(H3,20,22,25,26,30);;;/q;+2;2*-1/t12-;;;/m0.../s1. The van der Waals surface area contributed by atoms with Gasteiger partial charge >= 0.3 is 57.4 Å². The second kappa shape index (κ2) is 11.7. The number of aromatic nitrogens is 4. The van der Waals surface area contributed by atoms with Crippen LogP contribution in [0, 0.1) is 0 Å². The molecule has 0 bridgehead atoms. The molecule has 33 heavy (non-hydrogen) atoms. The molecule has 14 heteroatoms. The molecule has 0 saturated carbocycles. The van der Waals surface area contributed by atoms with E-state index in [4.69, 9.17) is 15.9 Å². The van der Waals surface area contributed by atoms with Crippen molar-refractivity contribution in [1.29, 1.82) is 0 Å². The fourth-order valence-corrected chi connectivity index (χ4v) is 2.75. The Morgan fingerprint density at radius 3 is 2.48 bits per heavy atom. The molecule has 0 spiro atoms. The van der Waals surface area contributed by atoms with E-state index < -0.39 is 29.4 Å². The molecule has 1 amide bonds. The van der Waals surface area contributed by atoms with E-state index in [1.165, 1.54) is 18.3 Å². The van der Waals surface area contributed by atoms with E-state index >= 15 is 0 Å². The molecule has 0 unspecified atom stereocenters. The number of aromatic amines is 1. The zero-order valence-electron chi connectivity index (χ0n) is 19.2. The van der Waals surface area contributed by atoms with Gasteiger partial charge in [-0.3, -0.25) is 19.4 Å². The van der Waals surface area contributed by atoms with Gasteiger partial charge in [-0.25, -0.2) is 14.8 Å². The van der Waals surface area contributed by atoms with Gasteiger partial charge in [-0.05, 0) is 30.7 Å². The Hall–Kier alpha value is -3.07. The van der Waals surface area contributed by atoms with Gasteiger partial charge in [0.05, 0.1) is 18.4 Å². The van der Waals surface area contributed by atoms with Crippen LogP contribution in [0.1, 0.15) is 31.7 Å². The first-order valence-electron chi connectivity index (χ1n) is 9.33. The van der Waals surface area contributed by atoms with Crippen molar-refractivity contribution in [3.63, 3.8) is 0 Å². The average molecular weight is 531 g/mol. The number of rotatable bonds is 9. The minimum absolute atomic E-state index is 0. The number of hydrogen-bond donors (Lipinski definition) is 6. The first-order valence-corrected chi connectivity index (χ1v) is 9.33. The summed E-state index contributed by atoms with van der Waals surface area (Å²) in [5.41, 5.74) is 6.47. The van der Waals surface area contributed by atoms with Crippen molar-refractivity contribution in [2.24, 2.45) is 0 Å². The van der Waals surface area contributed by atoms with Crippen LogP contribution in [-0.4, -0.2) is 99.5 Å². The summed E-state index contributed by atoms with van der Waals surface area (Å²) >= 11 is 0. The Kier molecular flexibility index (Phi) is 9.28. The number of carbonyl (C=O) groups excluding carboxylic acids is 1. The van der Waals surface area contributed by atoms with Gasteiger partial charge in [0.2, 0.25) is 5.95 Å². The number of H-pyrrole nitrogens is 1. The molecule has 7 N–H and O–H groups in total. The third kappa shape index (κ3) is 7.21. The van der Waals surface area contributed by atoms with E-state index in [1.54, 1.807) is 12.1 Å². The molecule has 1 aromatic carbocycles. The minimum Gasteiger partial charge on any atom is -1.00 e. The first kappa shape index (κ1) is 26.2. The van der Waals surface area contributed by atoms with E-state index in [2.05, 4.69) is 30.6 Å². The molecule has 170 valence electrons. The van der Waals surface area contributed by atoms with Crippen LogP contribution in [0.15, 0.2) is 35.3 Å². The Bertz CT molecular complexity index is 1240. The summed E-state index contributed by atoms with van der Waals surface area (Å²) in [4.78, 5) is 60.6. The molecule has 0 fully saturated rings. The normalized spacial score (nSPS) is 11.3. The maximum absolute atomic E-state index is 12.3. The number of nitrogens with two attached hydrogens (primary N) is 1. The molecular weight excluding hydrogens is 510 g/mol. The average Bonchev–Trinajstić information content (AvgIpc) is 2.75. The van der Waals surface area contributed by atoms with Crippen molar-refractivity contribution >= 4 is 86.1 Å². The van der Waals surface area contributed by atoms with Crippen LogP contribution >= 0.6 is 0 Å². The summed E-state index contributed by atoms with van der Waals surface area (Å²) in [6.07, 6.45) is 0.840. The van der Waals surface area contributed by atoms with Crippen LogP contribution in [-0.2, 0) is 16.1 Å². The molecule has 0 saturated heterocycles. The minimum atomic E-state index is -1.31. The van der Waals surface area contributed by atoms with E-state index in [0.717, 1.165) is 0 Å². The van der Waals surface area contributed by atoms with Crippen LogP contribution in [0.3, 0.4) is 0 Å². The molecule has 1 atom stereocenters. The van der Waals surface area contributed by atoms with Crippen LogP contribution in [0.4, 0.5) is 11.6 Å². The summed E-state index contributed by atoms with van der Waals surface area (Å²) in [6.45, 7) is 0.231. The van der Waals surface area contributed by atoms with Crippen molar-refractivity contribution in [3.8, 4) is 0 Å². The van der Waals surface area contributed by atoms with Crippen LogP contribution in [0.2, 0.25) is 0 Å². The molecule has 13 nitrogen and oxygen atoms in total. The van der Waals surface area contributed by atoms with Gasteiger partial charge in [-0.1, -0.05) is 0 Å². The predicted octanol–water partition coefficient (Wildman–Crippen LogP) is -0.201. The van der Waals surface area contributed by atoms with E-state index in [1.807, 2.05) is 0 Å². The maximum Gasteiger partial charge on any atom is 2.00 e. The number of benzene rings is 1. The number of nitrogen functional groups attached to an aromatic ring is 1. The number of aliphatic carboxylic acids is 2. The summed E-state index contributed by atoms with van der Waals surface area (Å²) in [7, 11) is 0. The second-order valence-corrected chi connectivity index (χ2v) is 6.71. The molecule has 2 aromatic heterocycles. The number of carbonyl (C=O) groups is 3. The number of nitrogens with one attached hydrogen (secondary N) is 3. The number of anilines is 2. The number of amides is 1. The van der Waals surface area contributed by atoms with Gasteiger partial charge in [0.25, 0.3) is 11.5 Å². The van der Waals surface area contributed by atoms with Crippen LogP contribution < -0.4 is 21.9 Å². The Morgan fingerprint density at radius 2 is 1.85 bits per heavy atom. The molecule has 0 aliphatic carbocycles. The van der Waals surface area contributed by atoms with Crippen molar-refractivity contribution in [2.45, 2.75) is 25.4 Å². The number of hydrogen-bond acceptors (Lipinski definition) is 9. The Morgan fingerprint density at radius 1 is 1.15 bits per heavy atom. The summed E-state index contributed by atoms with van der Waals surface area (Å²) < 4.78 is 0. The predicted molar refractivity (Wildman–Crippen MR) is 120 cm³/mol. The maximum atomic E-state index is 12.3. The van der Waals surface area contributed by atoms with Crippen LogP contribution in [0.5, 0.6) is 0 Å². The van der Waals surface area contributed by atoms with Crippen molar-refractivity contribution in [3.05, 3.63) is 52.1 Å². The third-order valence-electron chi connectivity index (χ3n) is 4.36. The van der Waals surface area contributed by atoms with Crippen molar-refractivity contribution in [1.82, 2.24) is 25.3 Å². The zero-order chi connectivity index (χ0) is 23.3. The number of carboxylic acids is 2. The second-order valence-electron chi connectivity index (χ2n) is 6.71. The van der Waals surface area contributed by atoms with Gasteiger partial charge in [-0.2, -0.15) is 4.98 Å². The fourth-order valence-electron chi connectivity index (χ4n) is 2.75. The summed E-state index contributed by atoms with van der Waals surface area (Å²) in [6, 6.07) is 4.86. The quantitative estimate of drug-likeness (QED) is 0.199. The number of fused-ring (bicyclic) bond motifs is 1. The molecule has 3 aromatic rings. The summed E-state index contributed by atoms with van der Waals surface area (Å²) in [5, 5.41) is 23.2. The topological polar surface area (TPSA) is 213 Å². The third-order valence-corrected chi connectivity index (χ3v) is 4.36. The smallest absolute Gasteiger partial charge is 1.00 e. The molecular formula is C19H21N7O6Sr. The van der Waals surface area contributed by atoms with Crippen molar-refractivity contribution < 1.29 is 27.4 Å². The summed E-state index contributed by atoms with van der Waals surface area (Å²) in [5.74, 6) is -3.16. The number of carboxylic acid groups (broad SMARTS) is 2. The van der Waals surface area contributed by atoms with Crippen molar-refractivity contribution in [2.75, 3.05) is 11.1 Å². The monoisotopic (exact) mass is 531 g/mol. The molecule has 0 aliphatic rings. The van der Waals surface area contributed by atoms with Gasteiger partial charge in [0.15, 0.2) is 11.2 Å². The van der Waals surface area contributed by atoms with Crippen LogP contribution in [0.25, 0.3) is 11.2 Å².